The van der Waals surface area contributed by atoms with Crippen LogP contribution in [0, 0.1) is 17.5 Å². The van der Waals surface area contributed by atoms with E-state index in [0.717, 1.165) is 6.07 Å². The highest BCUT2D eigenvalue weighted by Crippen LogP contribution is 2.19. The van der Waals surface area contributed by atoms with Gasteiger partial charge in [0.25, 0.3) is 0 Å². The van der Waals surface area contributed by atoms with Crippen molar-refractivity contribution < 1.29 is 17.9 Å². The molecule has 0 aliphatic heterocycles. The molecule has 0 fully saturated rings. The molecule has 90 valence electrons. The van der Waals surface area contributed by atoms with Crippen molar-refractivity contribution in [3.8, 4) is 0 Å². The summed E-state index contributed by atoms with van der Waals surface area (Å²) in [6.07, 6.45) is 0. The SMILES string of the molecule is COCc1cc(=O)c2c(F)cc(F)c(F)c2[nH]1. The molecule has 1 aromatic heterocycles. The number of pyridine rings is 1. The number of rotatable bonds is 2. The first kappa shape index (κ1) is 11.7. The van der Waals surface area contributed by atoms with E-state index in [-0.39, 0.29) is 12.3 Å². The summed E-state index contributed by atoms with van der Waals surface area (Å²) in [7, 11) is 1.38. The van der Waals surface area contributed by atoms with E-state index in [1.165, 1.54) is 7.11 Å². The lowest BCUT2D eigenvalue weighted by Crippen LogP contribution is -2.10. The molecule has 0 unspecified atom stereocenters. The lowest BCUT2D eigenvalue weighted by Gasteiger charge is -2.05. The van der Waals surface area contributed by atoms with Crippen molar-refractivity contribution in [3.63, 3.8) is 0 Å². The molecule has 1 aromatic carbocycles. The van der Waals surface area contributed by atoms with Gasteiger partial charge in [-0.05, 0) is 0 Å². The largest absolute Gasteiger partial charge is 0.378 e. The fourth-order valence-electron chi connectivity index (χ4n) is 1.61. The number of hydrogen-bond acceptors (Lipinski definition) is 2. The van der Waals surface area contributed by atoms with Crippen molar-refractivity contribution in [1.29, 1.82) is 0 Å². The third-order valence-electron chi connectivity index (χ3n) is 2.31. The van der Waals surface area contributed by atoms with Gasteiger partial charge in [0, 0.05) is 24.9 Å². The van der Waals surface area contributed by atoms with Crippen molar-refractivity contribution in [1.82, 2.24) is 4.98 Å². The maximum atomic E-state index is 13.4. The summed E-state index contributed by atoms with van der Waals surface area (Å²) in [4.78, 5) is 14.0. The lowest BCUT2D eigenvalue weighted by molar-refractivity contribution is 0.181. The van der Waals surface area contributed by atoms with Crippen molar-refractivity contribution in [3.05, 3.63) is 45.5 Å². The van der Waals surface area contributed by atoms with Crippen molar-refractivity contribution in [2.45, 2.75) is 6.61 Å². The van der Waals surface area contributed by atoms with E-state index in [1.807, 2.05) is 0 Å². The number of nitrogens with one attached hydrogen (secondary N) is 1. The minimum atomic E-state index is -1.35. The number of methoxy groups -OCH3 is 1. The van der Waals surface area contributed by atoms with Gasteiger partial charge >= 0.3 is 0 Å². The predicted octanol–water partition coefficient (Wildman–Crippen LogP) is 2.09. The zero-order valence-corrected chi connectivity index (χ0v) is 8.81. The number of benzene rings is 1. The first-order chi connectivity index (χ1) is 8.04. The van der Waals surface area contributed by atoms with Crippen LogP contribution in [0.1, 0.15) is 5.69 Å². The van der Waals surface area contributed by atoms with Crippen LogP contribution in [-0.4, -0.2) is 12.1 Å². The highest BCUT2D eigenvalue weighted by atomic mass is 19.2. The number of halogens is 3. The normalized spacial score (nSPS) is 11.1. The van der Waals surface area contributed by atoms with Crippen LogP contribution in [0.4, 0.5) is 13.2 Å². The van der Waals surface area contributed by atoms with Crippen LogP contribution in [0.15, 0.2) is 16.9 Å². The summed E-state index contributed by atoms with van der Waals surface area (Å²) >= 11 is 0. The topological polar surface area (TPSA) is 42.1 Å². The van der Waals surface area contributed by atoms with E-state index >= 15 is 0 Å². The molecule has 1 heterocycles. The molecule has 0 atom stereocenters. The van der Waals surface area contributed by atoms with Gasteiger partial charge < -0.3 is 9.72 Å². The van der Waals surface area contributed by atoms with Crippen molar-refractivity contribution in [2.75, 3.05) is 7.11 Å². The van der Waals surface area contributed by atoms with Gasteiger partial charge in [-0.15, -0.1) is 0 Å². The van der Waals surface area contributed by atoms with E-state index in [9.17, 15) is 18.0 Å². The molecular formula is C11H8F3NO2. The Morgan fingerprint density at radius 3 is 2.59 bits per heavy atom. The first-order valence-electron chi connectivity index (χ1n) is 4.73. The number of aromatic nitrogens is 1. The fourth-order valence-corrected chi connectivity index (χ4v) is 1.61. The van der Waals surface area contributed by atoms with Gasteiger partial charge in [0.15, 0.2) is 17.1 Å². The van der Waals surface area contributed by atoms with Crippen LogP contribution in [0.3, 0.4) is 0 Å². The second kappa shape index (κ2) is 4.21. The average Bonchev–Trinajstić information content (AvgIpc) is 2.25. The Hall–Kier alpha value is -1.82. The second-order valence-corrected chi connectivity index (χ2v) is 3.50. The van der Waals surface area contributed by atoms with Crippen LogP contribution < -0.4 is 5.43 Å². The van der Waals surface area contributed by atoms with E-state index in [2.05, 4.69) is 4.98 Å². The monoisotopic (exact) mass is 243 g/mol. The summed E-state index contributed by atoms with van der Waals surface area (Å²) < 4.78 is 44.5. The molecule has 0 bridgehead atoms. The zero-order chi connectivity index (χ0) is 12.6. The van der Waals surface area contributed by atoms with E-state index in [1.54, 1.807) is 0 Å². The quantitative estimate of drug-likeness (QED) is 0.820. The summed E-state index contributed by atoms with van der Waals surface area (Å²) in [6, 6.07) is 1.44. The predicted molar refractivity (Wildman–Crippen MR) is 55.2 cm³/mol. The molecule has 0 spiro atoms. The van der Waals surface area contributed by atoms with Crippen LogP contribution in [0.2, 0.25) is 0 Å². The molecule has 6 heteroatoms. The number of aromatic amines is 1. The Morgan fingerprint density at radius 2 is 1.94 bits per heavy atom. The Kier molecular flexibility index (Phi) is 2.89. The number of ether oxygens (including phenoxy) is 1. The van der Waals surface area contributed by atoms with Crippen LogP contribution >= 0.6 is 0 Å². The van der Waals surface area contributed by atoms with Gasteiger partial charge in [0.05, 0.1) is 17.5 Å². The third-order valence-corrected chi connectivity index (χ3v) is 2.31. The van der Waals surface area contributed by atoms with Gasteiger partial charge in [-0.25, -0.2) is 13.2 Å². The highest BCUT2D eigenvalue weighted by molar-refractivity contribution is 5.79. The maximum Gasteiger partial charge on any atom is 0.192 e. The molecule has 0 saturated carbocycles. The van der Waals surface area contributed by atoms with E-state index < -0.39 is 33.8 Å². The molecule has 2 aromatic rings. The Labute approximate surface area is 93.8 Å². The van der Waals surface area contributed by atoms with Gasteiger partial charge in [0.2, 0.25) is 0 Å². The molecule has 0 aliphatic rings. The number of fused-ring (bicyclic) bond motifs is 1. The zero-order valence-electron chi connectivity index (χ0n) is 8.81. The summed E-state index contributed by atoms with van der Waals surface area (Å²) in [6.45, 7) is 0.0166. The first-order valence-corrected chi connectivity index (χ1v) is 4.73. The Morgan fingerprint density at radius 1 is 1.24 bits per heavy atom. The molecule has 0 radical (unpaired) electrons. The molecule has 1 N–H and O–H groups in total. The Balaban J connectivity index is 2.86. The Bertz CT molecular complexity index is 637. The second-order valence-electron chi connectivity index (χ2n) is 3.50. The molecule has 17 heavy (non-hydrogen) atoms. The van der Waals surface area contributed by atoms with Crippen LogP contribution in [-0.2, 0) is 11.3 Å². The molecule has 0 aliphatic carbocycles. The number of hydrogen-bond donors (Lipinski definition) is 1. The smallest absolute Gasteiger partial charge is 0.192 e. The van der Waals surface area contributed by atoms with Gasteiger partial charge in [-0.2, -0.15) is 0 Å². The standard InChI is InChI=1S/C11H8F3NO2/c1-17-4-5-2-8(16)9-6(12)3-7(13)10(14)11(9)15-5/h2-3H,4H2,1H3,(H,15,16). The maximum absolute atomic E-state index is 13.4. The van der Waals surface area contributed by atoms with Gasteiger partial charge in [0.1, 0.15) is 5.82 Å². The molecule has 2 rings (SSSR count). The van der Waals surface area contributed by atoms with Gasteiger partial charge in [-0.3, -0.25) is 4.79 Å². The summed E-state index contributed by atoms with van der Waals surface area (Å²) in [5.74, 6) is -3.72. The minimum Gasteiger partial charge on any atom is -0.378 e. The highest BCUT2D eigenvalue weighted by Gasteiger charge is 2.16. The molecule has 3 nitrogen and oxygen atoms in total. The average molecular weight is 243 g/mol. The summed E-state index contributed by atoms with van der Waals surface area (Å²) in [5, 5.41) is -0.497. The third kappa shape index (κ3) is 1.91. The molecular weight excluding hydrogens is 235 g/mol. The van der Waals surface area contributed by atoms with Crippen molar-refractivity contribution >= 4 is 10.9 Å². The van der Waals surface area contributed by atoms with Crippen molar-refractivity contribution in [2.24, 2.45) is 0 Å². The molecule has 0 saturated heterocycles. The van der Waals surface area contributed by atoms with Crippen LogP contribution in [0.5, 0.6) is 0 Å². The summed E-state index contributed by atoms with van der Waals surface area (Å²) in [5.41, 5.74) is -0.960. The van der Waals surface area contributed by atoms with Gasteiger partial charge in [-0.1, -0.05) is 0 Å². The fraction of sp³-hybridized carbons (Fsp3) is 0.182. The van der Waals surface area contributed by atoms with Crippen LogP contribution in [0.25, 0.3) is 10.9 Å². The minimum absolute atomic E-state index is 0.0166. The van der Waals surface area contributed by atoms with E-state index in [0.29, 0.717) is 6.07 Å². The molecule has 0 amide bonds. The lowest BCUT2D eigenvalue weighted by atomic mass is 10.1. The van der Waals surface area contributed by atoms with E-state index in [4.69, 9.17) is 4.74 Å². The number of H-pyrrole nitrogens is 1.